The number of hydrogen-bond acceptors (Lipinski definition) is 8. The smallest absolute Gasteiger partial charge is 0.744 e. The van der Waals surface area contributed by atoms with Gasteiger partial charge in [0.1, 0.15) is 20.2 Å². The molecule has 12 nitrogen and oxygen atoms in total. The third-order valence-electron chi connectivity index (χ3n) is 5.51. The van der Waals surface area contributed by atoms with Crippen LogP contribution in [0.15, 0.2) is 67.9 Å². The van der Waals surface area contributed by atoms with E-state index in [0.717, 1.165) is 24.3 Å². The van der Waals surface area contributed by atoms with Crippen molar-refractivity contribution < 1.29 is 129 Å². The standard InChI is InChI=1S/C21H20N4O8S2.2K/c1-12-18(20(26)24(22-12)14-3-7-16(8-4-14)34(28,29)30)11-19-13(2)23-25(21(19)27)15-5-9-17(10-6-15)35(31,32)33;;/h3-10,22-23H,11H2,1-2H3,(H,28,29,30)(H,31,32,33);;/q;2*+1/p-2. The Kier molecular flexibility index (Phi) is 11.0. The third kappa shape index (κ3) is 7.01. The molecule has 2 aromatic carbocycles. The van der Waals surface area contributed by atoms with Gasteiger partial charge in [-0.2, -0.15) is 0 Å². The second-order valence-electron chi connectivity index (χ2n) is 7.78. The van der Waals surface area contributed by atoms with Gasteiger partial charge in [0, 0.05) is 28.9 Å². The zero-order valence-electron chi connectivity index (χ0n) is 20.3. The first-order chi connectivity index (χ1) is 16.3. The number of nitrogens with zero attached hydrogens (tertiary/aromatic N) is 2. The van der Waals surface area contributed by atoms with E-state index in [2.05, 4.69) is 10.2 Å². The Morgan fingerprint density at radius 3 is 1.22 bits per heavy atom. The van der Waals surface area contributed by atoms with Crippen LogP contribution in [0, 0.1) is 13.8 Å². The molecular formula is C21H18K2N4O8S2. The van der Waals surface area contributed by atoms with E-state index in [0.29, 0.717) is 33.9 Å². The molecule has 0 radical (unpaired) electrons. The van der Waals surface area contributed by atoms with Crippen LogP contribution in [0.4, 0.5) is 0 Å². The van der Waals surface area contributed by atoms with Gasteiger partial charge in [-0.3, -0.25) is 19.8 Å². The van der Waals surface area contributed by atoms with Crippen LogP contribution in [-0.2, 0) is 26.7 Å². The van der Waals surface area contributed by atoms with Gasteiger partial charge in [-0.1, -0.05) is 0 Å². The summed E-state index contributed by atoms with van der Waals surface area (Å²) < 4.78 is 69.1. The van der Waals surface area contributed by atoms with Gasteiger partial charge >= 0.3 is 103 Å². The van der Waals surface area contributed by atoms with Crippen molar-refractivity contribution in [2.75, 3.05) is 0 Å². The molecule has 4 aromatic rings. The Bertz CT molecular complexity index is 1640. The molecule has 0 bridgehead atoms. The van der Waals surface area contributed by atoms with E-state index in [1.54, 1.807) is 13.8 Å². The van der Waals surface area contributed by atoms with E-state index in [-0.39, 0.29) is 109 Å². The van der Waals surface area contributed by atoms with Crippen molar-refractivity contribution in [1.29, 1.82) is 0 Å². The van der Waals surface area contributed by atoms with Crippen molar-refractivity contribution in [2.24, 2.45) is 0 Å². The van der Waals surface area contributed by atoms with Gasteiger partial charge in [-0.05, 0) is 62.4 Å². The molecular weight excluding hydrogens is 579 g/mol. The molecule has 0 fully saturated rings. The summed E-state index contributed by atoms with van der Waals surface area (Å²) in [5.74, 6) is 0. The Hall–Kier alpha value is -0.447. The number of nitrogens with one attached hydrogen (secondary N) is 2. The molecule has 0 atom stereocenters. The molecule has 0 aliphatic rings. The van der Waals surface area contributed by atoms with Crippen LogP contribution in [-0.4, -0.2) is 45.5 Å². The van der Waals surface area contributed by atoms with E-state index < -0.39 is 41.1 Å². The fourth-order valence-corrected chi connectivity index (χ4v) is 4.58. The molecule has 2 N–H and O–H groups in total. The van der Waals surface area contributed by atoms with Crippen LogP contribution in [0.5, 0.6) is 0 Å². The molecule has 2 heterocycles. The van der Waals surface area contributed by atoms with Crippen LogP contribution < -0.4 is 114 Å². The number of hydrogen-bond donors (Lipinski definition) is 2. The van der Waals surface area contributed by atoms with E-state index in [4.69, 9.17) is 0 Å². The van der Waals surface area contributed by atoms with Crippen LogP contribution in [0.3, 0.4) is 0 Å². The first kappa shape index (κ1) is 32.8. The third-order valence-corrected chi connectivity index (χ3v) is 7.21. The monoisotopic (exact) mass is 596 g/mol. The molecule has 0 unspecified atom stereocenters. The SMILES string of the molecule is Cc1[nH]n(-c2ccc(S(=O)(=O)[O-])cc2)c(=O)c1Cc1c(C)[nH]n(-c2ccc(S(=O)(=O)[O-])cc2)c1=O.[K+].[K+]. The molecule has 2 aromatic heterocycles. The summed E-state index contributed by atoms with van der Waals surface area (Å²) >= 11 is 0. The van der Waals surface area contributed by atoms with E-state index >= 15 is 0 Å². The average Bonchev–Trinajstić information content (AvgIpc) is 3.23. The Morgan fingerprint density at radius 1 is 0.649 bits per heavy atom. The number of benzene rings is 2. The van der Waals surface area contributed by atoms with Crippen LogP contribution >= 0.6 is 0 Å². The minimum atomic E-state index is -4.63. The van der Waals surface area contributed by atoms with Gasteiger partial charge in [-0.25, -0.2) is 26.2 Å². The first-order valence-corrected chi connectivity index (χ1v) is 12.8. The average molecular weight is 597 g/mol. The van der Waals surface area contributed by atoms with Gasteiger partial charge < -0.3 is 9.11 Å². The quantitative estimate of drug-likeness (QED) is 0.163. The van der Waals surface area contributed by atoms with Crippen LogP contribution in [0.25, 0.3) is 11.4 Å². The Morgan fingerprint density at radius 2 is 0.946 bits per heavy atom. The topological polar surface area (TPSA) is 190 Å². The zero-order valence-corrected chi connectivity index (χ0v) is 28.2. The predicted octanol–water partition coefficient (Wildman–Crippen LogP) is -5.33. The first-order valence-electron chi connectivity index (χ1n) is 10.0. The van der Waals surface area contributed by atoms with Crippen LogP contribution in [0.1, 0.15) is 22.5 Å². The summed E-state index contributed by atoms with van der Waals surface area (Å²) in [5, 5.41) is 5.75. The van der Waals surface area contributed by atoms with Gasteiger partial charge in [0.25, 0.3) is 11.1 Å². The molecule has 0 saturated heterocycles. The second kappa shape index (κ2) is 12.4. The summed E-state index contributed by atoms with van der Waals surface area (Å²) in [6.45, 7) is 3.29. The summed E-state index contributed by atoms with van der Waals surface area (Å²) in [6, 6.07) is 9.63. The van der Waals surface area contributed by atoms with Gasteiger partial charge in [0.05, 0.1) is 21.2 Å². The summed E-state index contributed by atoms with van der Waals surface area (Å²) in [5.41, 5.74) is 1.23. The van der Waals surface area contributed by atoms with Crippen molar-refractivity contribution in [3.8, 4) is 11.4 Å². The number of aromatic amines is 2. The fourth-order valence-electron chi connectivity index (χ4n) is 3.64. The Labute approximate surface area is 296 Å². The summed E-state index contributed by atoms with van der Waals surface area (Å²) in [6.07, 6.45) is -0.0254. The van der Waals surface area contributed by atoms with E-state index in [9.17, 15) is 35.5 Å². The van der Waals surface area contributed by atoms with Gasteiger partial charge in [0.15, 0.2) is 0 Å². The van der Waals surface area contributed by atoms with Gasteiger partial charge in [0.2, 0.25) is 0 Å². The minimum absolute atomic E-state index is 0. The van der Waals surface area contributed by atoms with Crippen molar-refractivity contribution >= 4 is 20.2 Å². The number of rotatable bonds is 6. The maximum absolute atomic E-state index is 13.1. The molecule has 0 spiro atoms. The summed E-state index contributed by atoms with van der Waals surface area (Å²) in [7, 11) is -9.26. The molecule has 16 heteroatoms. The zero-order chi connectivity index (χ0) is 25.7. The maximum atomic E-state index is 13.1. The van der Waals surface area contributed by atoms with Crippen molar-refractivity contribution in [3.63, 3.8) is 0 Å². The second-order valence-corrected chi connectivity index (χ2v) is 10.5. The van der Waals surface area contributed by atoms with Crippen molar-refractivity contribution in [1.82, 2.24) is 19.6 Å². The minimum Gasteiger partial charge on any atom is -0.744 e. The molecule has 0 saturated carbocycles. The number of aryl methyl sites for hydroxylation is 2. The molecule has 37 heavy (non-hydrogen) atoms. The number of aromatic nitrogens is 4. The molecule has 4 rings (SSSR count). The molecule has 184 valence electrons. The van der Waals surface area contributed by atoms with Crippen LogP contribution in [0.2, 0.25) is 0 Å². The predicted molar refractivity (Wildman–Crippen MR) is 121 cm³/mol. The Balaban J connectivity index is 0.00000241. The van der Waals surface area contributed by atoms with E-state index in [1.165, 1.54) is 33.6 Å². The van der Waals surface area contributed by atoms with Crippen molar-refractivity contribution in [3.05, 3.63) is 91.8 Å². The molecule has 0 aliphatic heterocycles. The fraction of sp³-hybridized carbons (Fsp3) is 0.143. The van der Waals surface area contributed by atoms with E-state index in [1.807, 2.05) is 0 Å². The number of H-pyrrole nitrogens is 2. The largest absolute Gasteiger partial charge is 1.00 e. The maximum Gasteiger partial charge on any atom is 1.00 e. The molecule has 0 amide bonds. The van der Waals surface area contributed by atoms with Gasteiger partial charge in [-0.15, -0.1) is 0 Å². The summed E-state index contributed by atoms with van der Waals surface area (Å²) in [4.78, 5) is 25.2. The van der Waals surface area contributed by atoms with Crippen molar-refractivity contribution in [2.45, 2.75) is 30.1 Å². The normalized spacial score (nSPS) is 11.6. The molecule has 0 aliphatic carbocycles.